The van der Waals surface area contributed by atoms with Gasteiger partial charge in [0, 0.05) is 26.3 Å². The number of aromatic hydroxyl groups is 1. The lowest BCUT2D eigenvalue weighted by Crippen LogP contribution is -2.02. The topological polar surface area (TPSA) is 89.7 Å². The summed E-state index contributed by atoms with van der Waals surface area (Å²) in [5.74, 6) is -0.287. The Bertz CT molecular complexity index is 1180. The first kappa shape index (κ1) is 24.0. The minimum absolute atomic E-state index is 0.0428. The maximum Gasteiger partial charge on any atom is 0.315 e. The second kappa shape index (κ2) is 10.8. The number of ether oxygens (including phenoxy) is 1. The fourth-order valence-electron chi connectivity index (χ4n) is 2.80. The van der Waals surface area contributed by atoms with Gasteiger partial charge in [0.25, 0.3) is 0 Å². The number of phenolic OH excluding ortho intramolecular Hbond substituents is 1. The number of hydrogen-bond donors (Lipinski definition) is 1. The lowest BCUT2D eigenvalue weighted by atomic mass is 10.1. The molecule has 32 heavy (non-hydrogen) atoms. The summed E-state index contributed by atoms with van der Waals surface area (Å²) >= 11 is 8.09. The van der Waals surface area contributed by atoms with Gasteiger partial charge < -0.3 is 9.84 Å². The van der Waals surface area contributed by atoms with Gasteiger partial charge in [-0.25, -0.2) is 0 Å². The number of nitrogens with zero attached hydrogens (tertiary/aromatic N) is 1. The van der Waals surface area contributed by atoms with Crippen LogP contribution in [-0.4, -0.2) is 22.9 Å². The standard InChI is InChI=1S/C23H17Br2NO5S/c1-31-20-11-15(10-19(23(20)28)26(29)30)12-21(22(27)16-4-8-18(25)9-5-16)32-13-14-2-6-17(24)7-3-14/h2-12,28H,13H2,1H3/b21-12+. The third-order valence-electron chi connectivity index (χ3n) is 4.43. The number of benzene rings is 3. The number of rotatable bonds is 8. The van der Waals surface area contributed by atoms with E-state index in [0.29, 0.717) is 21.8 Å². The monoisotopic (exact) mass is 577 g/mol. The number of methoxy groups -OCH3 is 1. The average molecular weight is 579 g/mol. The first-order valence-electron chi connectivity index (χ1n) is 9.23. The molecule has 0 aliphatic rings. The molecule has 0 aliphatic heterocycles. The van der Waals surface area contributed by atoms with E-state index >= 15 is 0 Å². The normalized spacial score (nSPS) is 11.3. The van der Waals surface area contributed by atoms with Crippen LogP contribution in [0.15, 0.2) is 74.5 Å². The SMILES string of the molecule is COc1cc(/C=C(/SCc2ccc(Br)cc2)C(=O)c2ccc(Br)cc2)cc([N+](=O)[O-])c1O. The Balaban J connectivity index is 2.02. The van der Waals surface area contributed by atoms with E-state index in [0.717, 1.165) is 14.5 Å². The van der Waals surface area contributed by atoms with E-state index in [4.69, 9.17) is 4.74 Å². The van der Waals surface area contributed by atoms with Crippen LogP contribution in [0.2, 0.25) is 0 Å². The Morgan fingerprint density at radius 3 is 2.25 bits per heavy atom. The Labute approximate surface area is 205 Å². The average Bonchev–Trinajstić information content (AvgIpc) is 2.78. The van der Waals surface area contributed by atoms with E-state index < -0.39 is 16.4 Å². The molecule has 0 heterocycles. The zero-order valence-electron chi connectivity index (χ0n) is 16.7. The number of carbonyl (C=O) groups is 1. The molecule has 0 aromatic heterocycles. The van der Waals surface area contributed by atoms with Gasteiger partial charge in [-0.3, -0.25) is 14.9 Å². The summed E-state index contributed by atoms with van der Waals surface area (Å²) in [4.78, 5) is 24.3. The van der Waals surface area contributed by atoms with Gasteiger partial charge in [-0.05, 0) is 59.7 Å². The quantitative estimate of drug-likeness (QED) is 0.134. The fourth-order valence-corrected chi connectivity index (χ4v) is 4.31. The van der Waals surface area contributed by atoms with E-state index in [-0.39, 0.29) is 11.5 Å². The van der Waals surface area contributed by atoms with Crippen molar-refractivity contribution in [1.29, 1.82) is 0 Å². The zero-order chi connectivity index (χ0) is 23.3. The van der Waals surface area contributed by atoms with Crippen LogP contribution in [0, 0.1) is 10.1 Å². The second-order valence-electron chi connectivity index (χ2n) is 6.61. The van der Waals surface area contributed by atoms with Crippen molar-refractivity contribution in [3.63, 3.8) is 0 Å². The summed E-state index contributed by atoms with van der Waals surface area (Å²) < 4.78 is 6.87. The Morgan fingerprint density at radius 1 is 1.09 bits per heavy atom. The predicted octanol–water partition coefficient (Wildman–Crippen LogP) is 6.99. The van der Waals surface area contributed by atoms with Crippen LogP contribution in [0.1, 0.15) is 21.5 Å². The molecule has 9 heteroatoms. The summed E-state index contributed by atoms with van der Waals surface area (Å²) in [6.07, 6.45) is 1.57. The number of carbonyl (C=O) groups excluding carboxylic acids is 1. The van der Waals surface area contributed by atoms with Gasteiger partial charge in [-0.15, -0.1) is 11.8 Å². The van der Waals surface area contributed by atoms with Gasteiger partial charge in [0.05, 0.1) is 16.9 Å². The summed E-state index contributed by atoms with van der Waals surface area (Å²) in [6, 6.07) is 17.4. The van der Waals surface area contributed by atoms with E-state index in [9.17, 15) is 20.0 Å². The van der Waals surface area contributed by atoms with Crippen LogP contribution in [0.25, 0.3) is 6.08 Å². The smallest absolute Gasteiger partial charge is 0.315 e. The summed E-state index contributed by atoms with van der Waals surface area (Å²) in [6.45, 7) is 0. The highest BCUT2D eigenvalue weighted by atomic mass is 79.9. The van der Waals surface area contributed by atoms with E-state index in [1.165, 1.54) is 31.0 Å². The summed E-state index contributed by atoms with van der Waals surface area (Å²) in [7, 11) is 1.31. The number of thioether (sulfide) groups is 1. The maximum absolute atomic E-state index is 13.2. The van der Waals surface area contributed by atoms with Gasteiger partial charge in [0.1, 0.15) is 0 Å². The lowest BCUT2D eigenvalue weighted by Gasteiger charge is -2.10. The number of Topliss-reactive ketones (excluding diaryl/α,β-unsaturated/α-hetero) is 1. The van der Waals surface area contributed by atoms with Gasteiger partial charge in [-0.1, -0.05) is 44.0 Å². The van der Waals surface area contributed by atoms with Crippen molar-refractivity contribution in [2.24, 2.45) is 0 Å². The summed E-state index contributed by atoms with van der Waals surface area (Å²) in [5, 5.41) is 21.4. The van der Waals surface area contributed by atoms with Crippen molar-refractivity contribution in [3.05, 3.63) is 101 Å². The first-order valence-corrected chi connectivity index (χ1v) is 11.8. The van der Waals surface area contributed by atoms with Crippen LogP contribution >= 0.6 is 43.6 Å². The van der Waals surface area contributed by atoms with Crippen molar-refractivity contribution >= 4 is 61.2 Å². The van der Waals surface area contributed by atoms with Crippen molar-refractivity contribution in [2.75, 3.05) is 7.11 Å². The van der Waals surface area contributed by atoms with Crippen molar-refractivity contribution in [3.8, 4) is 11.5 Å². The Morgan fingerprint density at radius 2 is 1.69 bits per heavy atom. The molecule has 0 bridgehead atoms. The number of ketones is 1. The van der Waals surface area contributed by atoms with Crippen LogP contribution in [-0.2, 0) is 5.75 Å². The molecule has 0 spiro atoms. The number of allylic oxidation sites excluding steroid dienone is 1. The van der Waals surface area contributed by atoms with Crippen molar-refractivity contribution in [2.45, 2.75) is 5.75 Å². The minimum atomic E-state index is -0.694. The van der Waals surface area contributed by atoms with Gasteiger partial charge in [0.2, 0.25) is 5.75 Å². The first-order chi connectivity index (χ1) is 15.3. The van der Waals surface area contributed by atoms with E-state index in [2.05, 4.69) is 31.9 Å². The summed E-state index contributed by atoms with van der Waals surface area (Å²) in [5.41, 5.74) is 1.38. The number of nitro groups is 1. The highest BCUT2D eigenvalue weighted by Crippen LogP contribution is 2.38. The predicted molar refractivity (Wildman–Crippen MR) is 133 cm³/mol. The van der Waals surface area contributed by atoms with Gasteiger partial charge >= 0.3 is 5.69 Å². The van der Waals surface area contributed by atoms with Crippen LogP contribution in [0.5, 0.6) is 11.5 Å². The third-order valence-corrected chi connectivity index (χ3v) is 6.58. The number of hydrogen-bond acceptors (Lipinski definition) is 6. The number of phenols is 1. The van der Waals surface area contributed by atoms with Crippen LogP contribution in [0.4, 0.5) is 5.69 Å². The van der Waals surface area contributed by atoms with Gasteiger partial charge in [-0.2, -0.15) is 0 Å². The molecule has 0 atom stereocenters. The lowest BCUT2D eigenvalue weighted by molar-refractivity contribution is -0.386. The van der Waals surface area contributed by atoms with E-state index in [1.54, 1.807) is 30.3 Å². The molecule has 0 aliphatic carbocycles. The van der Waals surface area contributed by atoms with Crippen LogP contribution in [0.3, 0.4) is 0 Å². The molecule has 3 aromatic carbocycles. The second-order valence-corrected chi connectivity index (χ2v) is 9.46. The maximum atomic E-state index is 13.2. The molecule has 3 aromatic rings. The number of nitro benzene ring substituents is 1. The Kier molecular flexibility index (Phi) is 8.11. The molecular weight excluding hydrogens is 562 g/mol. The molecule has 0 fully saturated rings. The highest BCUT2D eigenvalue weighted by molar-refractivity contribution is 9.10. The number of halogens is 2. The molecule has 6 nitrogen and oxygen atoms in total. The Hall–Kier alpha value is -2.62. The molecule has 0 amide bonds. The molecule has 0 saturated heterocycles. The van der Waals surface area contributed by atoms with Gasteiger partial charge in [0.15, 0.2) is 11.5 Å². The largest absolute Gasteiger partial charge is 0.500 e. The molecule has 0 saturated carbocycles. The molecule has 1 N–H and O–H groups in total. The van der Waals surface area contributed by atoms with Crippen molar-refractivity contribution < 1.29 is 19.6 Å². The highest BCUT2D eigenvalue weighted by Gasteiger charge is 2.21. The molecule has 3 rings (SSSR count). The molecule has 0 radical (unpaired) electrons. The fraction of sp³-hybridized carbons (Fsp3) is 0.0870. The minimum Gasteiger partial charge on any atom is -0.500 e. The third kappa shape index (κ3) is 5.99. The van der Waals surface area contributed by atoms with Crippen molar-refractivity contribution in [1.82, 2.24) is 0 Å². The van der Waals surface area contributed by atoms with E-state index in [1.807, 2.05) is 24.3 Å². The zero-order valence-corrected chi connectivity index (χ0v) is 20.7. The molecular formula is C23H17Br2NO5S. The molecule has 0 unspecified atom stereocenters. The van der Waals surface area contributed by atoms with Crippen LogP contribution < -0.4 is 4.74 Å². The molecule has 164 valence electrons.